The van der Waals surface area contributed by atoms with Gasteiger partial charge in [0.05, 0.1) is 25.2 Å². The first-order valence-electron chi connectivity index (χ1n) is 5.31. The third-order valence-corrected chi connectivity index (χ3v) is 1.75. The van der Waals surface area contributed by atoms with Gasteiger partial charge in [-0.15, -0.1) is 0 Å². The number of allylic oxidation sites excluding steroid dienone is 1. The molecule has 0 aromatic carbocycles. The lowest BCUT2D eigenvalue weighted by atomic mass is 10.5. The normalized spacial score (nSPS) is 17.3. The average Bonchev–Trinajstić information content (AvgIpc) is 2.31. The SMILES string of the molecule is C=N/C=C(/C)N=CN1CCOCC1.CC. The van der Waals surface area contributed by atoms with Crippen LogP contribution in [0.3, 0.4) is 0 Å². The maximum Gasteiger partial charge on any atom is 0.0910 e. The number of nitrogens with zero attached hydrogens (tertiary/aromatic N) is 3. The molecule has 0 unspecified atom stereocenters. The van der Waals surface area contributed by atoms with E-state index in [2.05, 4.69) is 21.6 Å². The molecular weight excluding hydrogens is 190 g/mol. The average molecular weight is 211 g/mol. The lowest BCUT2D eigenvalue weighted by Gasteiger charge is -2.24. The van der Waals surface area contributed by atoms with Crippen molar-refractivity contribution in [2.24, 2.45) is 9.98 Å². The van der Waals surface area contributed by atoms with Crippen LogP contribution in [0.1, 0.15) is 20.8 Å². The fourth-order valence-corrected chi connectivity index (χ4v) is 1.03. The summed E-state index contributed by atoms with van der Waals surface area (Å²) in [4.78, 5) is 9.97. The number of ether oxygens (including phenoxy) is 1. The Bertz CT molecular complexity index is 218. The summed E-state index contributed by atoms with van der Waals surface area (Å²) in [7, 11) is 0. The van der Waals surface area contributed by atoms with E-state index in [4.69, 9.17) is 4.74 Å². The van der Waals surface area contributed by atoms with Crippen molar-refractivity contribution in [2.75, 3.05) is 26.3 Å². The molecule has 0 spiro atoms. The molecule has 0 aliphatic carbocycles. The first-order chi connectivity index (χ1) is 7.33. The van der Waals surface area contributed by atoms with Crippen LogP contribution in [0.4, 0.5) is 0 Å². The minimum absolute atomic E-state index is 0.786. The molecule has 0 atom stereocenters. The molecule has 1 aliphatic heterocycles. The van der Waals surface area contributed by atoms with E-state index in [1.54, 1.807) is 6.20 Å². The molecule has 86 valence electrons. The fraction of sp³-hybridized carbons (Fsp3) is 0.636. The monoisotopic (exact) mass is 211 g/mol. The standard InChI is InChI=1S/C9H15N3O.C2H6/c1-9(7-10-2)11-8-12-3-5-13-6-4-12;1-2/h7-8H,2-6H2,1H3;1-2H3/b9-7-,11-8?;. The van der Waals surface area contributed by atoms with Crippen molar-refractivity contribution >= 4 is 13.1 Å². The van der Waals surface area contributed by atoms with Crippen LogP contribution in [-0.4, -0.2) is 44.3 Å². The molecule has 15 heavy (non-hydrogen) atoms. The van der Waals surface area contributed by atoms with Gasteiger partial charge in [0, 0.05) is 19.3 Å². The minimum atomic E-state index is 0.786. The van der Waals surface area contributed by atoms with Crippen LogP contribution >= 0.6 is 0 Å². The smallest absolute Gasteiger partial charge is 0.0910 e. The third kappa shape index (κ3) is 6.85. The van der Waals surface area contributed by atoms with Crippen LogP contribution in [0.25, 0.3) is 0 Å². The van der Waals surface area contributed by atoms with Gasteiger partial charge in [0.1, 0.15) is 0 Å². The van der Waals surface area contributed by atoms with E-state index in [1.165, 1.54) is 0 Å². The van der Waals surface area contributed by atoms with Gasteiger partial charge in [0.25, 0.3) is 0 Å². The van der Waals surface area contributed by atoms with Gasteiger partial charge in [0.15, 0.2) is 0 Å². The zero-order valence-electron chi connectivity index (χ0n) is 9.94. The topological polar surface area (TPSA) is 37.2 Å². The van der Waals surface area contributed by atoms with E-state index in [0.717, 1.165) is 32.0 Å². The summed E-state index contributed by atoms with van der Waals surface area (Å²) in [6.45, 7) is 12.7. The number of aliphatic imine (C=N–C) groups is 2. The molecule has 4 nitrogen and oxygen atoms in total. The fourth-order valence-electron chi connectivity index (χ4n) is 1.03. The quantitative estimate of drug-likeness (QED) is 0.528. The van der Waals surface area contributed by atoms with Crippen molar-refractivity contribution < 1.29 is 4.74 Å². The van der Waals surface area contributed by atoms with E-state index in [1.807, 2.05) is 27.1 Å². The molecule has 0 bridgehead atoms. The molecule has 0 N–H and O–H groups in total. The largest absolute Gasteiger partial charge is 0.378 e. The number of morpholine rings is 1. The Kier molecular flexibility index (Phi) is 8.67. The van der Waals surface area contributed by atoms with Gasteiger partial charge in [-0.3, -0.25) is 4.99 Å². The second kappa shape index (κ2) is 9.40. The highest BCUT2D eigenvalue weighted by Gasteiger charge is 2.05. The van der Waals surface area contributed by atoms with E-state index in [9.17, 15) is 0 Å². The summed E-state index contributed by atoms with van der Waals surface area (Å²) in [6.07, 6.45) is 3.47. The number of hydrogen-bond donors (Lipinski definition) is 0. The Morgan fingerprint density at radius 3 is 2.47 bits per heavy atom. The Morgan fingerprint density at radius 1 is 1.33 bits per heavy atom. The first-order valence-corrected chi connectivity index (χ1v) is 5.31. The lowest BCUT2D eigenvalue weighted by molar-refractivity contribution is 0.0700. The van der Waals surface area contributed by atoms with E-state index in [-0.39, 0.29) is 0 Å². The molecule has 1 rings (SSSR count). The summed E-state index contributed by atoms with van der Waals surface area (Å²) in [5.41, 5.74) is 0.862. The Labute approximate surface area is 92.4 Å². The summed E-state index contributed by atoms with van der Waals surface area (Å²) < 4.78 is 5.21. The highest BCUT2D eigenvalue weighted by atomic mass is 16.5. The lowest BCUT2D eigenvalue weighted by Crippen LogP contribution is -2.35. The zero-order valence-corrected chi connectivity index (χ0v) is 9.94. The van der Waals surface area contributed by atoms with Crippen molar-refractivity contribution in [3.63, 3.8) is 0 Å². The van der Waals surface area contributed by atoms with Gasteiger partial charge in [-0.1, -0.05) is 13.8 Å². The molecule has 0 aromatic heterocycles. The molecule has 0 saturated carbocycles. The number of rotatable bonds is 3. The Morgan fingerprint density at radius 2 is 1.93 bits per heavy atom. The van der Waals surface area contributed by atoms with Gasteiger partial charge >= 0.3 is 0 Å². The van der Waals surface area contributed by atoms with Crippen LogP contribution < -0.4 is 0 Å². The van der Waals surface area contributed by atoms with Gasteiger partial charge in [-0.25, -0.2) is 4.99 Å². The van der Waals surface area contributed by atoms with Gasteiger partial charge in [-0.2, -0.15) is 0 Å². The van der Waals surface area contributed by atoms with Crippen LogP contribution in [0.5, 0.6) is 0 Å². The second-order valence-corrected chi connectivity index (χ2v) is 2.85. The highest BCUT2D eigenvalue weighted by Crippen LogP contribution is 1.97. The van der Waals surface area contributed by atoms with Gasteiger partial charge in [-0.05, 0) is 13.6 Å². The molecule has 4 heteroatoms. The van der Waals surface area contributed by atoms with Crippen molar-refractivity contribution in [3.8, 4) is 0 Å². The maximum atomic E-state index is 5.21. The molecule has 0 amide bonds. The molecule has 1 heterocycles. The molecule has 0 radical (unpaired) electrons. The minimum Gasteiger partial charge on any atom is -0.378 e. The third-order valence-electron chi connectivity index (χ3n) is 1.75. The van der Waals surface area contributed by atoms with Crippen LogP contribution in [0.15, 0.2) is 21.9 Å². The molecule has 1 fully saturated rings. The maximum absolute atomic E-state index is 5.21. The van der Waals surface area contributed by atoms with Crippen molar-refractivity contribution in [2.45, 2.75) is 20.8 Å². The summed E-state index contributed by atoms with van der Waals surface area (Å²) in [5, 5.41) is 0. The molecule has 0 aromatic rings. The van der Waals surface area contributed by atoms with Crippen LogP contribution in [0, 0.1) is 0 Å². The van der Waals surface area contributed by atoms with Gasteiger partial charge < -0.3 is 9.64 Å². The predicted octanol–water partition coefficient (Wildman–Crippen LogP) is 1.93. The van der Waals surface area contributed by atoms with Gasteiger partial charge in [0.2, 0.25) is 0 Å². The van der Waals surface area contributed by atoms with E-state index < -0.39 is 0 Å². The van der Waals surface area contributed by atoms with Crippen molar-refractivity contribution in [1.82, 2.24) is 4.90 Å². The van der Waals surface area contributed by atoms with Crippen molar-refractivity contribution in [1.29, 1.82) is 0 Å². The zero-order chi connectivity index (χ0) is 11.5. The molecule has 1 aliphatic rings. The first kappa shape index (κ1) is 13.8. The molecule has 1 saturated heterocycles. The van der Waals surface area contributed by atoms with Crippen LogP contribution in [0.2, 0.25) is 0 Å². The van der Waals surface area contributed by atoms with Crippen molar-refractivity contribution in [3.05, 3.63) is 11.9 Å². The van der Waals surface area contributed by atoms with E-state index >= 15 is 0 Å². The highest BCUT2D eigenvalue weighted by molar-refractivity contribution is 5.56. The Hall–Kier alpha value is -1.16. The summed E-state index contributed by atoms with van der Waals surface area (Å²) in [6, 6.07) is 0. The Balaban J connectivity index is 0.000000921. The summed E-state index contributed by atoms with van der Waals surface area (Å²) in [5.74, 6) is 0. The number of hydrogen-bond acceptors (Lipinski definition) is 3. The predicted molar refractivity (Wildman–Crippen MR) is 65.5 cm³/mol. The summed E-state index contributed by atoms with van der Waals surface area (Å²) >= 11 is 0. The van der Waals surface area contributed by atoms with Crippen LogP contribution in [-0.2, 0) is 4.74 Å². The van der Waals surface area contributed by atoms with E-state index in [0.29, 0.717) is 0 Å². The second-order valence-electron chi connectivity index (χ2n) is 2.85. The molecular formula is C11H21N3O.